The van der Waals surface area contributed by atoms with E-state index in [0.29, 0.717) is 0 Å². The summed E-state index contributed by atoms with van der Waals surface area (Å²) in [5.41, 5.74) is 6.63. The van der Waals surface area contributed by atoms with Crippen LogP contribution in [0.3, 0.4) is 0 Å². The zero-order chi connectivity index (χ0) is 27.4. The van der Waals surface area contributed by atoms with Gasteiger partial charge < -0.3 is 4.40 Å². The fourth-order valence-electron chi connectivity index (χ4n) is 5.86. The molecule has 6 heteroatoms. The molecule has 5 heterocycles. The van der Waals surface area contributed by atoms with Gasteiger partial charge in [0, 0.05) is 45.6 Å². The zero-order valence-electron chi connectivity index (χ0n) is 23.9. The highest BCUT2D eigenvalue weighted by Gasteiger charge is 2.27. The van der Waals surface area contributed by atoms with E-state index in [1.54, 1.807) is 0 Å². The van der Waals surface area contributed by atoms with E-state index in [1.165, 1.54) is 38.1 Å². The third-order valence-electron chi connectivity index (χ3n) is 7.87. The van der Waals surface area contributed by atoms with E-state index in [0.717, 1.165) is 39.5 Å². The highest BCUT2D eigenvalue weighted by atomic mass is 15.1. The van der Waals surface area contributed by atoms with Gasteiger partial charge in [0.25, 0.3) is 0 Å². The quantitative estimate of drug-likeness (QED) is 0.135. The van der Waals surface area contributed by atoms with Gasteiger partial charge in [0.1, 0.15) is 18.7 Å². The van der Waals surface area contributed by atoms with E-state index >= 15 is 0 Å². The number of rotatable bonds is 1. The summed E-state index contributed by atoms with van der Waals surface area (Å²) in [5.74, 6) is 2.34. The number of aryl methyl sites for hydroxylation is 2. The van der Waals surface area contributed by atoms with Crippen LogP contribution in [0.25, 0.3) is 60.4 Å². The molecule has 0 saturated heterocycles. The number of benzene rings is 2. The first-order valence-electron chi connectivity index (χ1n) is 13.6. The van der Waals surface area contributed by atoms with E-state index in [9.17, 15) is 0 Å². The third-order valence-corrected chi connectivity index (χ3v) is 7.87. The Labute approximate surface area is 227 Å². The molecule has 0 aliphatic rings. The lowest BCUT2D eigenvalue weighted by Gasteiger charge is -2.23. The largest absolute Gasteiger partial charge is 0.307 e. The predicted octanol–water partition coefficient (Wildman–Crippen LogP) is 6.96. The summed E-state index contributed by atoms with van der Waals surface area (Å²) in [4.78, 5) is 19.5. The first-order valence-corrected chi connectivity index (χ1v) is 13.6. The Kier molecular flexibility index (Phi) is 4.71. The summed E-state index contributed by atoms with van der Waals surface area (Å²) in [6, 6.07) is 13.3. The topological polar surface area (TPSA) is 59.9 Å². The maximum atomic E-state index is 5.04. The van der Waals surface area contributed by atoms with Crippen molar-refractivity contribution in [3.8, 4) is 11.4 Å². The van der Waals surface area contributed by atoms with Crippen LogP contribution in [-0.4, -0.2) is 24.3 Å². The number of pyridine rings is 3. The Bertz CT molecular complexity index is 2070. The molecule has 5 aromatic heterocycles. The summed E-state index contributed by atoms with van der Waals surface area (Å²) >= 11 is 0. The van der Waals surface area contributed by atoms with Gasteiger partial charge in [0.05, 0.1) is 27.3 Å². The molecule has 7 rings (SSSR count). The summed E-state index contributed by atoms with van der Waals surface area (Å²) in [5, 5.41) is 6.07. The van der Waals surface area contributed by atoms with Crippen LogP contribution in [0.5, 0.6) is 0 Å². The van der Waals surface area contributed by atoms with Crippen molar-refractivity contribution < 1.29 is 4.57 Å². The Morgan fingerprint density at radius 2 is 1.49 bits per heavy atom. The predicted molar refractivity (Wildman–Crippen MR) is 159 cm³/mol. The lowest BCUT2D eigenvalue weighted by Crippen LogP contribution is -2.29. The molecule has 0 unspecified atom stereocenters. The molecule has 0 amide bonds. The molecular weight excluding hydrogens is 480 g/mol. The molecule has 2 aromatic carbocycles. The molecular formula is C33H33N6+. The van der Waals surface area contributed by atoms with Gasteiger partial charge >= 0.3 is 0 Å². The average molecular weight is 514 g/mol. The lowest BCUT2D eigenvalue weighted by molar-refractivity contribution is -0.643. The minimum Gasteiger partial charge on any atom is -0.307 e. The van der Waals surface area contributed by atoms with Gasteiger partial charge in [0.15, 0.2) is 12.0 Å². The number of hydrogen-bond donors (Lipinski definition) is 0. The monoisotopic (exact) mass is 513 g/mol. The highest BCUT2D eigenvalue weighted by molar-refractivity contribution is 6.26. The van der Waals surface area contributed by atoms with E-state index in [-0.39, 0.29) is 10.8 Å². The molecule has 6 nitrogen and oxygen atoms in total. The second kappa shape index (κ2) is 7.69. The number of fused-ring (bicyclic) bond motifs is 5. The lowest BCUT2D eigenvalue weighted by atomic mass is 9.92. The van der Waals surface area contributed by atoms with Crippen LogP contribution in [0, 0.1) is 6.92 Å². The van der Waals surface area contributed by atoms with Gasteiger partial charge in [-0.05, 0) is 36.1 Å². The fourth-order valence-corrected chi connectivity index (χ4v) is 5.86. The molecule has 7 aromatic rings. The number of aromatic nitrogens is 6. The SMILES string of the molecule is Cc1ccc2c3cnccc3n3c4cc(-c5nc(C(C)(C)C)nc(C(C)(C)C)n5)cc5cc[n+](C)c(c1c23)c54. The fraction of sp³-hybridized carbons (Fsp3) is 0.303. The van der Waals surface area contributed by atoms with E-state index in [2.05, 4.69) is 112 Å². The van der Waals surface area contributed by atoms with Crippen molar-refractivity contribution in [2.75, 3.05) is 0 Å². The number of nitrogens with zero attached hydrogens (tertiary/aromatic N) is 6. The van der Waals surface area contributed by atoms with Crippen molar-refractivity contribution in [2.24, 2.45) is 7.05 Å². The van der Waals surface area contributed by atoms with Gasteiger partial charge in [-0.25, -0.2) is 19.5 Å². The van der Waals surface area contributed by atoms with Crippen LogP contribution in [0.2, 0.25) is 0 Å². The smallest absolute Gasteiger partial charge is 0.224 e. The minimum atomic E-state index is -0.198. The van der Waals surface area contributed by atoms with E-state index in [4.69, 9.17) is 15.0 Å². The molecule has 0 bridgehead atoms. The second-order valence-electron chi connectivity index (χ2n) is 12.9. The van der Waals surface area contributed by atoms with E-state index < -0.39 is 0 Å². The van der Waals surface area contributed by atoms with Crippen molar-refractivity contribution in [3.05, 3.63) is 72.2 Å². The summed E-state index contributed by atoms with van der Waals surface area (Å²) in [7, 11) is 2.14. The summed E-state index contributed by atoms with van der Waals surface area (Å²) in [6.07, 6.45) is 6.04. The zero-order valence-corrected chi connectivity index (χ0v) is 23.9. The molecule has 0 radical (unpaired) electrons. The van der Waals surface area contributed by atoms with Gasteiger partial charge in [-0.1, -0.05) is 53.7 Å². The Morgan fingerprint density at radius 1 is 0.769 bits per heavy atom. The molecule has 0 saturated carbocycles. The van der Waals surface area contributed by atoms with Gasteiger partial charge in [-0.2, -0.15) is 0 Å². The molecule has 0 fully saturated rings. The number of hydrogen-bond acceptors (Lipinski definition) is 4. The maximum absolute atomic E-state index is 5.04. The molecule has 0 spiro atoms. The van der Waals surface area contributed by atoms with Gasteiger partial charge in [-0.3, -0.25) is 4.98 Å². The van der Waals surface area contributed by atoms with E-state index in [1.807, 2.05) is 12.4 Å². The Hall–Kier alpha value is -4.19. The molecule has 0 aliphatic carbocycles. The van der Waals surface area contributed by atoms with Crippen molar-refractivity contribution >= 4 is 49.0 Å². The van der Waals surface area contributed by atoms with Crippen LogP contribution < -0.4 is 4.57 Å². The standard InChI is InChI=1S/C33H33N6/c1-18-9-10-21-22-17-34-13-11-23(22)39-24-16-20(15-19-12-14-38(8)28(26(19)24)25(18)27(21)39)29-35-30(32(2,3)4)37-31(36-29)33(5,6)7/h9-17H,1-8H3/q+1. The van der Waals surface area contributed by atoms with Crippen molar-refractivity contribution in [2.45, 2.75) is 59.3 Å². The maximum Gasteiger partial charge on any atom is 0.224 e. The normalized spacial score (nSPS) is 13.1. The second-order valence-corrected chi connectivity index (χ2v) is 12.9. The van der Waals surface area contributed by atoms with Crippen LogP contribution in [0.15, 0.2) is 55.0 Å². The Balaban J connectivity index is 1.70. The summed E-state index contributed by atoms with van der Waals surface area (Å²) in [6.45, 7) is 15.2. The van der Waals surface area contributed by atoms with Crippen molar-refractivity contribution in [3.63, 3.8) is 0 Å². The molecule has 0 aliphatic heterocycles. The van der Waals surface area contributed by atoms with Crippen molar-refractivity contribution in [1.29, 1.82) is 0 Å². The first kappa shape index (κ1) is 23.9. The Morgan fingerprint density at radius 3 is 2.18 bits per heavy atom. The van der Waals surface area contributed by atoms with Crippen molar-refractivity contribution in [1.82, 2.24) is 24.3 Å². The average Bonchev–Trinajstić information content (AvgIpc) is 3.22. The van der Waals surface area contributed by atoms with Gasteiger partial charge in [-0.15, -0.1) is 0 Å². The van der Waals surface area contributed by atoms with Crippen LogP contribution >= 0.6 is 0 Å². The molecule has 194 valence electrons. The van der Waals surface area contributed by atoms with Crippen LogP contribution in [0.1, 0.15) is 58.8 Å². The van der Waals surface area contributed by atoms with Crippen LogP contribution in [-0.2, 0) is 17.9 Å². The molecule has 39 heavy (non-hydrogen) atoms. The van der Waals surface area contributed by atoms with Crippen LogP contribution in [0.4, 0.5) is 0 Å². The summed E-state index contributed by atoms with van der Waals surface area (Å²) < 4.78 is 4.68. The highest BCUT2D eigenvalue weighted by Crippen LogP contribution is 2.41. The molecule has 0 atom stereocenters. The first-order chi connectivity index (χ1) is 18.4. The molecule has 0 N–H and O–H groups in total. The third kappa shape index (κ3) is 3.37. The van der Waals surface area contributed by atoms with Gasteiger partial charge in [0.2, 0.25) is 5.52 Å². The minimum absolute atomic E-state index is 0.198.